The summed E-state index contributed by atoms with van der Waals surface area (Å²) in [4.78, 5) is 55.6. The second kappa shape index (κ2) is 20.0. The van der Waals surface area contributed by atoms with Crippen molar-refractivity contribution in [3.63, 3.8) is 0 Å². The fourth-order valence-corrected chi connectivity index (χ4v) is 8.54. The number of halogens is 4. The standard InChI is InChI=1S/C27H27Cl2N7O3.C17H12Cl2N2O4/c1-4-35-9-11-36(12-10-35)27-32-14-16(15-33-27)34-26(37)18-6-5-17(24-25(18)31-8-7-30-24)21-22(28)19(38-2)13-20(39-3)23(21)29;1-24-10-7-11(25-2)14(19)12(13(10)18)8-3-4-9(17(22)23)16-15(8)20-5-6-21-16/h5-8,13-15H,4,9-12H2,1-3H3,(H,34,37);3-7H,1-2H3,(H,22,23). The summed E-state index contributed by atoms with van der Waals surface area (Å²) < 4.78 is 21.4. The SMILES string of the molecule is CCN1CCN(c2ncc(NC(=O)c3ccc(-c4c(Cl)c(OC)cc(OC)c4Cl)c4nccnc34)cn2)CC1.COc1cc(OC)c(Cl)c(-c2ccc(C(=O)O)c3nccnc23)c1Cl. The van der Waals surface area contributed by atoms with Crippen molar-refractivity contribution in [2.45, 2.75) is 6.92 Å². The number of carboxylic acid groups (broad SMARTS) is 1. The first-order valence-corrected chi connectivity index (χ1v) is 21.0. The van der Waals surface area contributed by atoms with Gasteiger partial charge in [0.1, 0.15) is 34.0 Å². The van der Waals surface area contributed by atoms with Crippen molar-refractivity contribution in [3.8, 4) is 45.3 Å². The van der Waals surface area contributed by atoms with Crippen LogP contribution in [0.3, 0.4) is 0 Å². The van der Waals surface area contributed by atoms with Crippen molar-refractivity contribution in [1.82, 2.24) is 34.8 Å². The molecule has 16 nitrogen and oxygen atoms in total. The summed E-state index contributed by atoms with van der Waals surface area (Å²) in [6.45, 7) is 6.87. The van der Waals surface area contributed by atoms with Crippen molar-refractivity contribution in [2.75, 3.05) is 71.4 Å². The van der Waals surface area contributed by atoms with Crippen molar-refractivity contribution >= 4 is 92.0 Å². The monoisotopic (exact) mass is 945 g/mol. The van der Waals surface area contributed by atoms with Crippen LogP contribution in [0.15, 0.2) is 73.6 Å². The number of fused-ring (bicyclic) bond motifs is 2. The molecule has 7 aromatic rings. The molecule has 0 unspecified atom stereocenters. The number of amides is 1. The third kappa shape index (κ3) is 9.05. The number of ether oxygens (including phenoxy) is 4. The molecule has 64 heavy (non-hydrogen) atoms. The van der Waals surface area contributed by atoms with Crippen molar-refractivity contribution < 1.29 is 33.6 Å². The first-order valence-electron chi connectivity index (χ1n) is 19.5. The van der Waals surface area contributed by atoms with Gasteiger partial charge in [0, 0.05) is 85.4 Å². The van der Waals surface area contributed by atoms with Gasteiger partial charge in [-0.25, -0.2) is 14.8 Å². The molecule has 1 aliphatic heterocycles. The van der Waals surface area contributed by atoms with E-state index in [9.17, 15) is 14.7 Å². The number of carbonyl (C=O) groups is 2. The Morgan fingerprint density at radius 1 is 0.609 bits per heavy atom. The lowest BCUT2D eigenvalue weighted by Gasteiger charge is -2.33. The Morgan fingerprint density at radius 3 is 1.42 bits per heavy atom. The molecule has 0 saturated carbocycles. The van der Waals surface area contributed by atoms with Gasteiger partial charge in [-0.05, 0) is 18.7 Å². The Bertz CT molecular complexity index is 2830. The molecule has 4 aromatic carbocycles. The maximum Gasteiger partial charge on any atom is 0.337 e. The van der Waals surface area contributed by atoms with Gasteiger partial charge in [-0.2, -0.15) is 0 Å². The van der Waals surface area contributed by atoms with E-state index in [1.165, 1.54) is 53.1 Å². The molecule has 0 bridgehead atoms. The number of anilines is 2. The van der Waals surface area contributed by atoms with E-state index >= 15 is 0 Å². The summed E-state index contributed by atoms with van der Waals surface area (Å²) in [5.41, 5.74) is 4.27. The highest BCUT2D eigenvalue weighted by Gasteiger charge is 2.25. The van der Waals surface area contributed by atoms with Crippen molar-refractivity contribution in [2.24, 2.45) is 0 Å². The van der Waals surface area contributed by atoms with Gasteiger partial charge in [-0.3, -0.25) is 24.7 Å². The highest BCUT2D eigenvalue weighted by molar-refractivity contribution is 6.42. The Hall–Kier alpha value is -6.30. The average molecular weight is 948 g/mol. The number of rotatable bonds is 11. The van der Waals surface area contributed by atoms with E-state index in [-0.39, 0.29) is 27.0 Å². The van der Waals surface area contributed by atoms with Crippen LogP contribution in [0, 0.1) is 0 Å². The molecular formula is C44H39Cl4N9O7. The van der Waals surface area contributed by atoms with Gasteiger partial charge in [-0.15, -0.1) is 0 Å². The van der Waals surface area contributed by atoms with E-state index in [0.29, 0.717) is 89.0 Å². The molecule has 4 heterocycles. The van der Waals surface area contributed by atoms with Gasteiger partial charge in [0.25, 0.3) is 5.91 Å². The van der Waals surface area contributed by atoms with Crippen LogP contribution in [0.5, 0.6) is 23.0 Å². The summed E-state index contributed by atoms with van der Waals surface area (Å²) in [5.74, 6) is 0.698. The Balaban J connectivity index is 0.000000211. The van der Waals surface area contributed by atoms with Gasteiger partial charge in [0.2, 0.25) is 5.95 Å². The molecule has 8 rings (SSSR count). The second-order valence-electron chi connectivity index (χ2n) is 13.8. The van der Waals surface area contributed by atoms with E-state index in [0.717, 1.165) is 32.7 Å². The van der Waals surface area contributed by atoms with Crippen LogP contribution in [0.2, 0.25) is 20.1 Å². The normalized spacial score (nSPS) is 12.7. The number of aromatic nitrogens is 6. The van der Waals surface area contributed by atoms with Crippen LogP contribution in [0.1, 0.15) is 27.6 Å². The number of benzene rings is 4. The number of likely N-dealkylation sites (N-methyl/N-ethyl adjacent to an activating group) is 1. The molecular weight excluding hydrogens is 908 g/mol. The number of hydrogen-bond donors (Lipinski definition) is 2. The van der Waals surface area contributed by atoms with Crippen LogP contribution in [0.25, 0.3) is 44.3 Å². The van der Waals surface area contributed by atoms with Gasteiger partial charge >= 0.3 is 5.97 Å². The molecule has 0 radical (unpaired) electrons. The highest BCUT2D eigenvalue weighted by Crippen LogP contribution is 2.49. The maximum atomic E-state index is 13.3. The number of aromatic carboxylic acids is 1. The lowest BCUT2D eigenvalue weighted by Crippen LogP contribution is -2.46. The summed E-state index contributed by atoms with van der Waals surface area (Å²) >= 11 is 26.2. The molecule has 3 aromatic heterocycles. The Morgan fingerprint density at radius 2 is 1.02 bits per heavy atom. The zero-order valence-electron chi connectivity index (χ0n) is 35.0. The second-order valence-corrected chi connectivity index (χ2v) is 15.4. The lowest BCUT2D eigenvalue weighted by molar-refractivity contribution is 0.0698. The van der Waals surface area contributed by atoms with Gasteiger partial charge < -0.3 is 39.2 Å². The quantitative estimate of drug-likeness (QED) is 0.125. The number of piperazine rings is 1. The molecule has 0 atom stereocenters. The summed E-state index contributed by atoms with van der Waals surface area (Å²) in [6.07, 6.45) is 9.17. The predicted octanol–water partition coefficient (Wildman–Crippen LogP) is 9.12. The minimum absolute atomic E-state index is 0.0361. The van der Waals surface area contributed by atoms with E-state index in [1.807, 2.05) is 0 Å². The largest absolute Gasteiger partial charge is 0.495 e. The third-order valence-electron chi connectivity index (χ3n) is 10.4. The predicted molar refractivity (Wildman–Crippen MR) is 247 cm³/mol. The van der Waals surface area contributed by atoms with Crippen LogP contribution in [0.4, 0.5) is 11.6 Å². The molecule has 0 spiro atoms. The molecule has 20 heteroatoms. The minimum Gasteiger partial charge on any atom is -0.495 e. The highest BCUT2D eigenvalue weighted by atomic mass is 35.5. The van der Waals surface area contributed by atoms with E-state index < -0.39 is 5.97 Å². The molecule has 1 fully saturated rings. The minimum atomic E-state index is -1.10. The van der Waals surface area contributed by atoms with Gasteiger partial charge in [0.05, 0.1) is 88.8 Å². The fourth-order valence-electron chi connectivity index (χ4n) is 7.13. The topological polar surface area (TPSA) is 187 Å². The zero-order valence-corrected chi connectivity index (χ0v) is 38.0. The number of hydrogen-bond acceptors (Lipinski definition) is 14. The fraction of sp³-hybridized carbons (Fsp3) is 0.227. The van der Waals surface area contributed by atoms with E-state index in [2.05, 4.69) is 51.9 Å². The Kier molecular flexibility index (Phi) is 14.3. The number of nitrogens with zero attached hydrogens (tertiary/aromatic N) is 8. The van der Waals surface area contributed by atoms with Crippen LogP contribution >= 0.6 is 46.4 Å². The summed E-state index contributed by atoms with van der Waals surface area (Å²) in [6, 6.07) is 9.60. The first kappa shape index (κ1) is 45.7. The molecule has 2 N–H and O–H groups in total. The first-order chi connectivity index (χ1) is 30.9. The molecule has 1 aliphatic rings. The van der Waals surface area contributed by atoms with Crippen molar-refractivity contribution in [1.29, 1.82) is 0 Å². The van der Waals surface area contributed by atoms with Crippen LogP contribution in [-0.2, 0) is 0 Å². The molecule has 330 valence electrons. The molecule has 1 amide bonds. The van der Waals surface area contributed by atoms with Gasteiger partial charge in [-0.1, -0.05) is 65.5 Å². The van der Waals surface area contributed by atoms with Crippen LogP contribution in [-0.4, -0.2) is 113 Å². The van der Waals surface area contributed by atoms with E-state index in [4.69, 9.17) is 65.4 Å². The smallest absolute Gasteiger partial charge is 0.337 e. The van der Waals surface area contributed by atoms with E-state index in [1.54, 1.807) is 48.9 Å². The number of methoxy groups -OCH3 is 4. The number of nitrogens with one attached hydrogen (secondary N) is 1. The molecule has 1 saturated heterocycles. The zero-order chi connectivity index (χ0) is 45.7. The third-order valence-corrected chi connectivity index (χ3v) is 11.9. The lowest BCUT2D eigenvalue weighted by atomic mass is 9.99. The van der Waals surface area contributed by atoms with Crippen molar-refractivity contribution in [3.05, 3.63) is 105 Å². The summed E-state index contributed by atoms with van der Waals surface area (Å²) in [7, 11) is 5.96. The van der Waals surface area contributed by atoms with Gasteiger partial charge in [0.15, 0.2) is 0 Å². The number of carbonyl (C=O) groups excluding carboxylic acids is 1. The Labute approximate surface area is 387 Å². The maximum absolute atomic E-state index is 13.3. The summed E-state index contributed by atoms with van der Waals surface area (Å²) in [5, 5.41) is 13.3. The average Bonchev–Trinajstić information content (AvgIpc) is 3.32. The number of carboxylic acids is 1. The van der Waals surface area contributed by atoms with Crippen LogP contribution < -0.4 is 29.2 Å². The molecule has 0 aliphatic carbocycles.